The van der Waals surface area contributed by atoms with Gasteiger partial charge in [0.25, 0.3) is 11.8 Å². The predicted octanol–water partition coefficient (Wildman–Crippen LogP) is 4.33. The summed E-state index contributed by atoms with van der Waals surface area (Å²) in [5.74, 6) is 0.0813. The molecule has 0 saturated carbocycles. The van der Waals surface area contributed by atoms with Crippen LogP contribution < -0.4 is 15.4 Å². The second-order valence-corrected chi connectivity index (χ2v) is 6.73. The van der Waals surface area contributed by atoms with E-state index in [1.165, 1.54) is 0 Å². The second-order valence-electron chi connectivity index (χ2n) is 6.73. The summed E-state index contributed by atoms with van der Waals surface area (Å²) in [5.41, 5.74) is 2.80. The smallest absolute Gasteiger partial charge is 0.265 e. The lowest BCUT2D eigenvalue weighted by Crippen LogP contribution is -2.31. The van der Waals surface area contributed by atoms with Gasteiger partial charge in [0.15, 0.2) is 6.10 Å². The lowest BCUT2D eigenvalue weighted by molar-refractivity contribution is -0.122. The number of nitrogens with one attached hydrogen (secondary N) is 2. The number of hydrogen-bond acceptors (Lipinski definition) is 3. The first-order valence-corrected chi connectivity index (χ1v) is 9.49. The van der Waals surface area contributed by atoms with Crippen LogP contribution in [-0.2, 0) is 11.3 Å². The minimum atomic E-state index is -0.712. The fourth-order valence-corrected chi connectivity index (χ4v) is 2.83. The maximum absolute atomic E-state index is 12.6. The number of carbonyl (C=O) groups excluding carboxylic acids is 2. The third kappa shape index (κ3) is 5.45. The van der Waals surface area contributed by atoms with Gasteiger partial charge in [-0.1, -0.05) is 60.7 Å². The molecule has 0 aliphatic rings. The minimum Gasteiger partial charge on any atom is -0.481 e. The molecule has 0 saturated heterocycles. The average Bonchev–Trinajstić information content (AvgIpc) is 2.74. The Morgan fingerprint density at radius 1 is 0.897 bits per heavy atom. The number of carbonyl (C=O) groups is 2. The molecular formula is C24H24N2O3. The fraction of sp³-hybridized carbons (Fsp3) is 0.167. The molecule has 29 heavy (non-hydrogen) atoms. The van der Waals surface area contributed by atoms with E-state index >= 15 is 0 Å². The molecule has 2 N–H and O–H groups in total. The highest BCUT2D eigenvalue weighted by Gasteiger charge is 2.19. The van der Waals surface area contributed by atoms with Gasteiger partial charge >= 0.3 is 0 Å². The number of amides is 2. The van der Waals surface area contributed by atoms with Gasteiger partial charge in [0.1, 0.15) is 5.75 Å². The molecule has 3 aromatic rings. The van der Waals surface area contributed by atoms with Crippen LogP contribution in [0.2, 0.25) is 0 Å². The van der Waals surface area contributed by atoms with Crippen molar-refractivity contribution in [2.24, 2.45) is 0 Å². The largest absolute Gasteiger partial charge is 0.481 e. The van der Waals surface area contributed by atoms with Crippen molar-refractivity contribution in [2.45, 2.75) is 26.5 Å². The lowest BCUT2D eigenvalue weighted by Gasteiger charge is -2.17. The van der Waals surface area contributed by atoms with Gasteiger partial charge < -0.3 is 15.4 Å². The van der Waals surface area contributed by atoms with Gasteiger partial charge in [-0.05, 0) is 43.2 Å². The monoisotopic (exact) mass is 388 g/mol. The highest BCUT2D eigenvalue weighted by atomic mass is 16.5. The van der Waals surface area contributed by atoms with E-state index in [0.717, 1.165) is 11.1 Å². The molecule has 148 valence electrons. The van der Waals surface area contributed by atoms with E-state index in [4.69, 9.17) is 4.74 Å². The van der Waals surface area contributed by atoms with Crippen LogP contribution >= 0.6 is 0 Å². The van der Waals surface area contributed by atoms with Crippen molar-refractivity contribution >= 4 is 17.5 Å². The van der Waals surface area contributed by atoms with Crippen molar-refractivity contribution in [3.8, 4) is 5.75 Å². The van der Waals surface area contributed by atoms with E-state index in [2.05, 4.69) is 10.6 Å². The van der Waals surface area contributed by atoms with E-state index in [-0.39, 0.29) is 11.8 Å². The molecular weight excluding hydrogens is 364 g/mol. The highest BCUT2D eigenvalue weighted by molar-refractivity contribution is 6.04. The molecule has 0 unspecified atom stereocenters. The Hall–Kier alpha value is -3.60. The number of benzene rings is 3. The zero-order valence-corrected chi connectivity index (χ0v) is 16.5. The van der Waals surface area contributed by atoms with Crippen molar-refractivity contribution in [1.29, 1.82) is 0 Å². The van der Waals surface area contributed by atoms with E-state index in [9.17, 15) is 9.59 Å². The summed E-state index contributed by atoms with van der Waals surface area (Å²) in [6, 6.07) is 24.1. The normalized spacial score (nSPS) is 11.4. The van der Waals surface area contributed by atoms with Crippen molar-refractivity contribution in [3.05, 3.63) is 95.6 Å². The van der Waals surface area contributed by atoms with Crippen molar-refractivity contribution < 1.29 is 14.3 Å². The standard InChI is InChI=1S/C24H24N2O3/c1-17-10-6-9-15-22(17)29-18(2)23(27)26-21-14-8-7-13-20(21)24(28)25-16-19-11-4-3-5-12-19/h3-15,18H,16H2,1-2H3,(H,25,28)(H,26,27)/t18-/m0/s1. The molecule has 0 radical (unpaired) electrons. The van der Waals surface area contributed by atoms with Crippen LogP contribution in [0.5, 0.6) is 5.75 Å². The summed E-state index contributed by atoms with van der Waals surface area (Å²) in [6.07, 6.45) is -0.712. The molecule has 0 fully saturated rings. The van der Waals surface area contributed by atoms with Gasteiger partial charge in [-0.3, -0.25) is 9.59 Å². The SMILES string of the molecule is Cc1ccccc1O[C@@H](C)C(=O)Nc1ccccc1C(=O)NCc1ccccc1. The van der Waals surface area contributed by atoms with Gasteiger partial charge in [0.2, 0.25) is 0 Å². The summed E-state index contributed by atoms with van der Waals surface area (Å²) >= 11 is 0. The Balaban J connectivity index is 1.65. The zero-order chi connectivity index (χ0) is 20.6. The van der Waals surface area contributed by atoms with Crippen molar-refractivity contribution in [2.75, 3.05) is 5.32 Å². The number of ether oxygens (including phenoxy) is 1. The highest BCUT2D eigenvalue weighted by Crippen LogP contribution is 2.20. The van der Waals surface area contributed by atoms with Gasteiger partial charge in [-0.2, -0.15) is 0 Å². The molecule has 0 aliphatic carbocycles. The van der Waals surface area contributed by atoms with Gasteiger partial charge in [-0.15, -0.1) is 0 Å². The number of aryl methyl sites for hydroxylation is 1. The third-order valence-corrected chi connectivity index (χ3v) is 4.49. The van der Waals surface area contributed by atoms with E-state index < -0.39 is 6.10 Å². The summed E-state index contributed by atoms with van der Waals surface area (Å²) in [4.78, 5) is 25.2. The minimum absolute atomic E-state index is 0.253. The quantitative estimate of drug-likeness (QED) is 0.633. The number of rotatable bonds is 7. The molecule has 1 atom stereocenters. The van der Waals surface area contributed by atoms with Crippen LogP contribution in [0, 0.1) is 6.92 Å². The Bertz CT molecular complexity index is 986. The molecule has 0 spiro atoms. The van der Waals surface area contributed by atoms with Crippen LogP contribution in [-0.4, -0.2) is 17.9 Å². The molecule has 0 bridgehead atoms. The molecule has 0 heterocycles. The number of para-hydroxylation sites is 2. The Labute approximate surface area is 170 Å². The summed E-state index contributed by atoms with van der Waals surface area (Å²) in [5, 5.41) is 5.69. The predicted molar refractivity (Wildman–Crippen MR) is 114 cm³/mol. The first kappa shape index (κ1) is 20.1. The molecule has 3 aromatic carbocycles. The summed E-state index contributed by atoms with van der Waals surface area (Å²) < 4.78 is 5.77. The topological polar surface area (TPSA) is 67.4 Å². The molecule has 5 heteroatoms. The first-order chi connectivity index (χ1) is 14.0. The Kier molecular flexibility index (Phi) is 6.63. The van der Waals surface area contributed by atoms with Crippen LogP contribution in [0.4, 0.5) is 5.69 Å². The van der Waals surface area contributed by atoms with Crippen molar-refractivity contribution in [3.63, 3.8) is 0 Å². The van der Waals surface area contributed by atoms with Crippen LogP contribution in [0.3, 0.4) is 0 Å². The van der Waals surface area contributed by atoms with Crippen LogP contribution in [0.1, 0.15) is 28.4 Å². The fourth-order valence-electron chi connectivity index (χ4n) is 2.83. The second kappa shape index (κ2) is 9.55. The van der Waals surface area contributed by atoms with E-state index in [0.29, 0.717) is 23.5 Å². The maximum Gasteiger partial charge on any atom is 0.265 e. The summed E-state index contributed by atoms with van der Waals surface area (Å²) in [7, 11) is 0. The first-order valence-electron chi connectivity index (χ1n) is 9.49. The molecule has 2 amide bonds. The van der Waals surface area contributed by atoms with E-state index in [1.54, 1.807) is 31.2 Å². The molecule has 0 aliphatic heterocycles. The van der Waals surface area contributed by atoms with Gasteiger partial charge in [-0.25, -0.2) is 0 Å². The van der Waals surface area contributed by atoms with Crippen molar-refractivity contribution in [1.82, 2.24) is 5.32 Å². The Morgan fingerprint density at radius 3 is 2.31 bits per heavy atom. The van der Waals surface area contributed by atoms with E-state index in [1.807, 2.05) is 61.5 Å². The number of anilines is 1. The molecule has 3 rings (SSSR count). The van der Waals surface area contributed by atoms with Gasteiger partial charge in [0, 0.05) is 6.54 Å². The Morgan fingerprint density at radius 2 is 1.55 bits per heavy atom. The molecule has 5 nitrogen and oxygen atoms in total. The summed E-state index contributed by atoms with van der Waals surface area (Å²) in [6.45, 7) is 4.01. The lowest BCUT2D eigenvalue weighted by atomic mass is 10.1. The number of hydrogen-bond donors (Lipinski definition) is 2. The zero-order valence-electron chi connectivity index (χ0n) is 16.5. The third-order valence-electron chi connectivity index (χ3n) is 4.49. The van der Waals surface area contributed by atoms with Crippen LogP contribution in [0.15, 0.2) is 78.9 Å². The average molecular weight is 388 g/mol. The maximum atomic E-state index is 12.6. The molecule has 0 aromatic heterocycles. The van der Waals surface area contributed by atoms with Crippen LogP contribution in [0.25, 0.3) is 0 Å². The van der Waals surface area contributed by atoms with Gasteiger partial charge in [0.05, 0.1) is 11.3 Å².